The van der Waals surface area contributed by atoms with Gasteiger partial charge in [0, 0.05) is 6.04 Å². The number of amides is 1. The van der Waals surface area contributed by atoms with Gasteiger partial charge in [-0.2, -0.15) is 4.72 Å². The van der Waals surface area contributed by atoms with Crippen molar-refractivity contribution in [3.05, 3.63) is 29.8 Å². The van der Waals surface area contributed by atoms with Crippen LogP contribution >= 0.6 is 0 Å². The molecule has 0 aliphatic heterocycles. The maximum absolute atomic E-state index is 13.0. The third-order valence-corrected chi connectivity index (χ3v) is 9.92. The molecular weight excluding hydrogens is 360 g/mol. The van der Waals surface area contributed by atoms with Gasteiger partial charge in [0.05, 0.1) is 4.90 Å². The fourth-order valence-electron chi connectivity index (χ4n) is 6.87. The van der Waals surface area contributed by atoms with Gasteiger partial charge in [-0.25, -0.2) is 8.42 Å². The van der Waals surface area contributed by atoms with E-state index in [9.17, 15) is 13.2 Å². The van der Waals surface area contributed by atoms with Crippen LogP contribution in [0.4, 0.5) is 0 Å². The second kappa shape index (κ2) is 5.35. The molecule has 0 heterocycles. The highest BCUT2D eigenvalue weighted by Gasteiger charge is 2.76. The Morgan fingerprint density at radius 1 is 1.15 bits per heavy atom. The fraction of sp³-hybridized carbons (Fsp3) is 0.667. The minimum absolute atomic E-state index is 0.215. The van der Waals surface area contributed by atoms with Crippen LogP contribution < -0.4 is 10.0 Å². The Morgan fingerprint density at radius 2 is 1.85 bits per heavy atom. The molecule has 2 bridgehead atoms. The highest BCUT2D eigenvalue weighted by Crippen LogP contribution is 2.81. The van der Waals surface area contributed by atoms with Crippen LogP contribution in [0.3, 0.4) is 0 Å². The summed E-state index contributed by atoms with van der Waals surface area (Å²) in [6.07, 6.45) is 5.16. The molecule has 4 fully saturated rings. The Kier molecular flexibility index (Phi) is 3.50. The summed E-state index contributed by atoms with van der Waals surface area (Å²) in [6, 6.07) is 7.07. The van der Waals surface area contributed by atoms with Gasteiger partial charge in [0.15, 0.2) is 0 Å². The second-order valence-corrected chi connectivity index (χ2v) is 11.4. The fourth-order valence-corrected chi connectivity index (χ4v) is 8.50. The quantitative estimate of drug-likeness (QED) is 0.814. The maximum atomic E-state index is 13.0. The predicted molar refractivity (Wildman–Crippen MR) is 102 cm³/mol. The van der Waals surface area contributed by atoms with Crippen molar-refractivity contribution in [3.8, 4) is 0 Å². The van der Waals surface area contributed by atoms with Crippen molar-refractivity contribution in [3.63, 3.8) is 0 Å². The predicted octanol–water partition coefficient (Wildman–Crippen LogP) is 2.60. The molecule has 6 unspecified atom stereocenters. The number of fused-ring (bicyclic) bond motifs is 1. The van der Waals surface area contributed by atoms with Crippen LogP contribution in [0, 0.1) is 36.0 Å². The summed E-state index contributed by atoms with van der Waals surface area (Å²) in [6.45, 7) is 5.07. The Labute approximate surface area is 161 Å². The van der Waals surface area contributed by atoms with Gasteiger partial charge in [-0.05, 0) is 87.2 Å². The van der Waals surface area contributed by atoms with E-state index in [4.69, 9.17) is 0 Å². The maximum Gasteiger partial charge on any atom is 0.241 e. The van der Waals surface area contributed by atoms with E-state index in [1.165, 1.54) is 25.7 Å². The van der Waals surface area contributed by atoms with Crippen molar-refractivity contribution < 1.29 is 13.2 Å². The molecule has 27 heavy (non-hydrogen) atoms. The zero-order valence-corrected chi connectivity index (χ0v) is 17.0. The summed E-state index contributed by atoms with van der Waals surface area (Å²) in [5.74, 6) is 2.78. The van der Waals surface area contributed by atoms with Crippen LogP contribution in [-0.4, -0.2) is 25.9 Å². The lowest BCUT2D eigenvalue weighted by Gasteiger charge is -2.67. The van der Waals surface area contributed by atoms with Crippen LogP contribution in [0.1, 0.15) is 45.1 Å². The molecule has 4 saturated carbocycles. The number of hydrogen-bond acceptors (Lipinski definition) is 3. The van der Waals surface area contributed by atoms with Crippen molar-refractivity contribution >= 4 is 15.9 Å². The van der Waals surface area contributed by atoms with Gasteiger partial charge < -0.3 is 5.32 Å². The zero-order chi connectivity index (χ0) is 19.2. The van der Waals surface area contributed by atoms with E-state index >= 15 is 0 Å². The Morgan fingerprint density at radius 3 is 2.52 bits per heavy atom. The second-order valence-electron chi connectivity index (χ2n) is 9.78. The molecule has 5 rings (SSSR count). The molecule has 6 heteroatoms. The van der Waals surface area contributed by atoms with Gasteiger partial charge in [0.25, 0.3) is 0 Å². The molecule has 0 saturated heterocycles. The summed E-state index contributed by atoms with van der Waals surface area (Å²) >= 11 is 0. The monoisotopic (exact) mass is 388 g/mol. The largest absolute Gasteiger partial charge is 0.351 e. The summed E-state index contributed by atoms with van der Waals surface area (Å²) in [7, 11) is -3.76. The summed E-state index contributed by atoms with van der Waals surface area (Å²) in [5.41, 5.74) is 0.0147. The molecule has 4 aliphatic carbocycles. The Hall–Kier alpha value is -1.40. The molecule has 1 aromatic rings. The van der Waals surface area contributed by atoms with E-state index in [0.29, 0.717) is 22.8 Å². The first-order chi connectivity index (χ1) is 12.6. The molecule has 4 aliphatic rings. The summed E-state index contributed by atoms with van der Waals surface area (Å²) < 4.78 is 28.3. The molecule has 1 amide bonds. The first kappa shape index (κ1) is 17.7. The van der Waals surface area contributed by atoms with E-state index in [1.54, 1.807) is 45.0 Å². The van der Waals surface area contributed by atoms with Gasteiger partial charge in [-0.3, -0.25) is 4.79 Å². The Balaban J connectivity index is 1.31. The number of aryl methyl sites for hydroxylation is 1. The molecule has 1 aromatic carbocycles. The minimum atomic E-state index is -3.76. The number of rotatable bonds is 5. The average molecular weight is 389 g/mol. The van der Waals surface area contributed by atoms with Gasteiger partial charge in [-0.15, -0.1) is 0 Å². The zero-order valence-electron chi connectivity index (χ0n) is 16.2. The average Bonchev–Trinajstić information content (AvgIpc) is 3.05. The van der Waals surface area contributed by atoms with Gasteiger partial charge >= 0.3 is 0 Å². The highest BCUT2D eigenvalue weighted by molar-refractivity contribution is 7.89. The van der Waals surface area contributed by atoms with Crippen molar-refractivity contribution in [1.29, 1.82) is 0 Å². The van der Waals surface area contributed by atoms with Crippen molar-refractivity contribution in [1.82, 2.24) is 10.0 Å². The van der Waals surface area contributed by atoms with E-state index in [0.717, 1.165) is 11.8 Å². The number of carbonyl (C=O) groups is 1. The smallest absolute Gasteiger partial charge is 0.241 e. The van der Waals surface area contributed by atoms with E-state index in [-0.39, 0.29) is 16.8 Å². The molecule has 0 aromatic heterocycles. The highest BCUT2D eigenvalue weighted by atomic mass is 32.2. The Bertz CT molecular complexity index is 925. The number of sulfonamides is 1. The molecule has 5 nitrogen and oxygen atoms in total. The SMILES string of the molecule is Cc1ccccc1S(=O)(=O)NC(C)(C)C(=O)NC1C2CC3CC4CC1C34C2. The number of nitrogens with one attached hydrogen (secondary N) is 2. The normalized spacial score (nSPS) is 38.7. The summed E-state index contributed by atoms with van der Waals surface area (Å²) in [4.78, 5) is 13.2. The molecule has 146 valence electrons. The lowest BCUT2D eigenvalue weighted by atomic mass is 9.38. The lowest BCUT2D eigenvalue weighted by Crippen LogP contribution is -2.66. The first-order valence-electron chi connectivity index (χ1n) is 10.1. The molecular formula is C21H28N2O3S. The first-order valence-corrected chi connectivity index (χ1v) is 11.5. The van der Waals surface area contributed by atoms with Crippen LogP contribution in [0.5, 0.6) is 0 Å². The van der Waals surface area contributed by atoms with E-state index < -0.39 is 15.6 Å². The van der Waals surface area contributed by atoms with Crippen LogP contribution in [0.2, 0.25) is 0 Å². The minimum Gasteiger partial charge on any atom is -0.351 e. The molecule has 6 atom stereocenters. The van der Waals surface area contributed by atoms with Crippen LogP contribution in [-0.2, 0) is 14.8 Å². The third kappa shape index (κ3) is 2.26. The van der Waals surface area contributed by atoms with E-state index in [1.807, 2.05) is 0 Å². The van der Waals surface area contributed by atoms with Crippen LogP contribution in [0.25, 0.3) is 0 Å². The topological polar surface area (TPSA) is 75.3 Å². The van der Waals surface area contributed by atoms with Gasteiger partial charge in [-0.1, -0.05) is 18.2 Å². The van der Waals surface area contributed by atoms with E-state index in [2.05, 4.69) is 10.0 Å². The lowest BCUT2D eigenvalue weighted by molar-refractivity contribution is -0.185. The molecule has 0 radical (unpaired) electrons. The third-order valence-electron chi connectivity index (χ3n) is 8.10. The van der Waals surface area contributed by atoms with Crippen molar-refractivity contribution in [2.75, 3.05) is 0 Å². The van der Waals surface area contributed by atoms with Gasteiger partial charge in [0.2, 0.25) is 15.9 Å². The summed E-state index contributed by atoms with van der Waals surface area (Å²) in [5, 5.41) is 3.24. The number of carbonyl (C=O) groups excluding carboxylic acids is 1. The van der Waals surface area contributed by atoms with Crippen molar-refractivity contribution in [2.24, 2.45) is 29.1 Å². The number of benzene rings is 1. The van der Waals surface area contributed by atoms with Crippen molar-refractivity contribution in [2.45, 2.75) is 62.9 Å². The standard InChI is InChI=1S/C21H28N2O3S/c1-12-6-4-5-7-17(12)27(25,26)23-20(2,3)19(24)22-18-13-8-14-9-15-10-16(18)21(14,15)11-13/h4-7,13-16,18,23H,8-11H2,1-3H3,(H,22,24). The number of hydrogen-bond donors (Lipinski definition) is 2. The molecule has 2 N–H and O–H groups in total. The van der Waals surface area contributed by atoms with Gasteiger partial charge in [0.1, 0.15) is 5.54 Å². The van der Waals surface area contributed by atoms with Crippen LogP contribution in [0.15, 0.2) is 29.2 Å². The molecule has 1 spiro atoms.